The van der Waals surface area contributed by atoms with Gasteiger partial charge in [0.05, 0.1) is 6.61 Å². The highest BCUT2D eigenvalue weighted by molar-refractivity contribution is 5.16. The minimum absolute atomic E-state index is 1.14. The van der Waals surface area contributed by atoms with Gasteiger partial charge in [-0.15, -0.1) is 0 Å². The van der Waals surface area contributed by atoms with Crippen molar-refractivity contribution in [3.8, 4) is 0 Å². The molecule has 2 atom stereocenters. The molecule has 0 aromatic heterocycles. The van der Waals surface area contributed by atoms with Gasteiger partial charge in [-0.05, 0) is 0 Å². The predicted molar refractivity (Wildman–Crippen MR) is 55.3 cm³/mol. The van der Waals surface area contributed by atoms with Gasteiger partial charge in [0.2, 0.25) is 0 Å². The Morgan fingerprint density at radius 2 is 0.793 bits per heavy atom. The number of alkyl halides is 17. The van der Waals surface area contributed by atoms with Gasteiger partial charge < -0.3 is 4.74 Å². The van der Waals surface area contributed by atoms with E-state index < -0.39 is 66.8 Å². The van der Waals surface area contributed by atoms with Crippen LogP contribution in [0.5, 0.6) is 0 Å². The molecule has 2 unspecified atom stereocenters. The zero-order valence-corrected chi connectivity index (χ0v) is 12.8. The Labute approximate surface area is 147 Å². The normalized spacial score (nSPS) is 21.5. The Morgan fingerprint density at radius 3 is 1.07 bits per heavy atom. The Morgan fingerprint density at radius 1 is 0.517 bits per heavy atom. The molecule has 174 valence electrons. The Balaban J connectivity index is 3.54. The van der Waals surface area contributed by atoms with E-state index in [-0.39, 0.29) is 0 Å². The van der Waals surface area contributed by atoms with E-state index in [1.807, 2.05) is 0 Å². The topological polar surface area (TPSA) is 12.5 Å². The van der Waals surface area contributed by atoms with Crippen LogP contribution < -0.4 is 0 Å². The van der Waals surface area contributed by atoms with Crippen LogP contribution in [0.3, 0.4) is 0 Å². The van der Waals surface area contributed by atoms with Gasteiger partial charge in [-0.3, -0.25) is 0 Å². The minimum atomic E-state index is -8.52. The second-order valence-electron chi connectivity index (χ2n) is 5.69. The third kappa shape index (κ3) is 3.19. The molecule has 0 amide bonds. The van der Waals surface area contributed by atoms with E-state index in [4.69, 9.17) is 0 Å². The number of epoxide rings is 1. The predicted octanol–water partition coefficient (Wildman–Crippen LogP) is 5.44. The van der Waals surface area contributed by atoms with Crippen molar-refractivity contribution in [2.75, 3.05) is 6.61 Å². The Hall–Kier alpha value is -1.23. The maximum absolute atomic E-state index is 13.3. The van der Waals surface area contributed by atoms with Gasteiger partial charge in [0, 0.05) is 0 Å². The van der Waals surface area contributed by atoms with Crippen LogP contribution in [0.4, 0.5) is 74.6 Å². The average Bonchev–Trinajstić information content (AvgIpc) is 3.37. The second kappa shape index (κ2) is 6.63. The van der Waals surface area contributed by atoms with Crippen LogP contribution in [-0.4, -0.2) is 66.8 Å². The summed E-state index contributed by atoms with van der Waals surface area (Å²) >= 11 is 0. The summed E-state index contributed by atoms with van der Waals surface area (Å²) in [5.41, 5.74) is 0. The molecule has 1 saturated heterocycles. The van der Waals surface area contributed by atoms with E-state index in [2.05, 4.69) is 4.74 Å². The Bertz CT molecular complexity index is 607. The van der Waals surface area contributed by atoms with Crippen molar-refractivity contribution in [3.63, 3.8) is 0 Å². The zero-order valence-electron chi connectivity index (χ0n) is 12.8. The third-order valence-corrected chi connectivity index (χ3v) is 3.72. The van der Waals surface area contributed by atoms with Crippen LogP contribution in [-0.2, 0) is 4.74 Å². The highest BCUT2D eigenvalue weighted by atomic mass is 19.4. The first-order chi connectivity index (χ1) is 12.5. The first kappa shape index (κ1) is 25.8. The molecule has 1 aliphatic rings. The monoisotopic (exact) mass is 476 g/mol. The smallest absolute Gasteiger partial charge is 0.370 e. The van der Waals surface area contributed by atoms with E-state index in [0.717, 1.165) is 0 Å². The maximum atomic E-state index is 13.3. The van der Waals surface area contributed by atoms with Crippen molar-refractivity contribution in [3.05, 3.63) is 0 Å². The van der Waals surface area contributed by atoms with Crippen LogP contribution in [0, 0.1) is 0 Å². The van der Waals surface area contributed by atoms with Crippen molar-refractivity contribution in [2.45, 2.75) is 60.2 Å². The number of hydrogen-bond acceptors (Lipinski definition) is 1. The molecule has 0 spiro atoms. The largest absolute Gasteiger partial charge is 0.385 e. The number of ether oxygens (including phenoxy) is 1. The van der Waals surface area contributed by atoms with Gasteiger partial charge in [0.15, 0.2) is 6.17 Å². The van der Waals surface area contributed by atoms with Crippen molar-refractivity contribution in [1.29, 1.82) is 0 Å². The molecule has 1 aliphatic heterocycles. The summed E-state index contributed by atoms with van der Waals surface area (Å²) in [6.07, 6.45) is -13.0. The molecular formula is C11H5F17O. The van der Waals surface area contributed by atoms with E-state index in [9.17, 15) is 74.6 Å². The fourth-order valence-electron chi connectivity index (χ4n) is 1.78. The van der Waals surface area contributed by atoms with Crippen LogP contribution in [0.15, 0.2) is 0 Å². The molecule has 0 N–H and O–H groups in total. The Kier molecular flexibility index (Phi) is 5.90. The molecule has 0 radical (unpaired) electrons. The number of rotatable bonds is 9. The molecular weight excluding hydrogens is 471 g/mol. The molecule has 29 heavy (non-hydrogen) atoms. The molecule has 0 bridgehead atoms. The van der Waals surface area contributed by atoms with E-state index in [1.165, 1.54) is 0 Å². The third-order valence-electron chi connectivity index (χ3n) is 3.72. The SMILES string of the molecule is FC(F)C(F)(F)C(F)(F)C(F)(F)C(F)(F)C(F)(F)C(F)(F)C(F)(F)C(F)C1CO1. The van der Waals surface area contributed by atoms with Gasteiger partial charge in [0.1, 0.15) is 6.10 Å². The summed E-state index contributed by atoms with van der Waals surface area (Å²) < 4.78 is 224. The van der Waals surface area contributed by atoms with Crippen molar-refractivity contribution >= 4 is 0 Å². The van der Waals surface area contributed by atoms with Crippen molar-refractivity contribution in [1.82, 2.24) is 0 Å². The molecule has 0 aromatic carbocycles. The first-order valence-electron chi connectivity index (χ1n) is 6.64. The van der Waals surface area contributed by atoms with E-state index in [1.54, 1.807) is 0 Å². The molecule has 1 fully saturated rings. The van der Waals surface area contributed by atoms with Gasteiger partial charge in [-0.2, -0.15) is 61.5 Å². The first-order valence-corrected chi connectivity index (χ1v) is 6.64. The summed E-state index contributed by atoms with van der Waals surface area (Å²) in [5, 5.41) is 0. The molecule has 0 aromatic rings. The lowest BCUT2D eigenvalue weighted by Gasteiger charge is -2.42. The second-order valence-corrected chi connectivity index (χ2v) is 5.69. The minimum Gasteiger partial charge on any atom is -0.370 e. The summed E-state index contributed by atoms with van der Waals surface area (Å²) in [5.74, 6) is -55.9. The van der Waals surface area contributed by atoms with E-state index >= 15 is 0 Å². The van der Waals surface area contributed by atoms with Gasteiger partial charge in [-0.1, -0.05) is 0 Å². The molecule has 1 heterocycles. The van der Waals surface area contributed by atoms with Crippen LogP contribution >= 0.6 is 0 Å². The summed E-state index contributed by atoms with van der Waals surface area (Å²) in [6, 6.07) is 0. The fourth-order valence-corrected chi connectivity index (χ4v) is 1.78. The lowest BCUT2D eigenvalue weighted by atomic mass is 9.87. The average molecular weight is 476 g/mol. The highest BCUT2D eigenvalue weighted by Gasteiger charge is 2.94. The number of hydrogen-bond donors (Lipinski definition) is 0. The van der Waals surface area contributed by atoms with Crippen LogP contribution in [0.25, 0.3) is 0 Å². The molecule has 18 heteroatoms. The summed E-state index contributed by atoms with van der Waals surface area (Å²) in [6.45, 7) is -1.14. The van der Waals surface area contributed by atoms with Gasteiger partial charge in [0.25, 0.3) is 0 Å². The summed E-state index contributed by atoms with van der Waals surface area (Å²) in [7, 11) is 0. The standard InChI is InChI=1S/C11H5F17O/c12-3(2-1-29-2)5(15,16)7(19,20)9(23,24)11(27,28)10(25,26)8(21,22)6(17,18)4(13)14/h2-4H,1H2. The lowest BCUT2D eigenvalue weighted by Crippen LogP contribution is -2.74. The van der Waals surface area contributed by atoms with Crippen molar-refractivity contribution < 1.29 is 79.4 Å². The van der Waals surface area contributed by atoms with E-state index in [0.29, 0.717) is 0 Å². The number of halogens is 17. The zero-order chi connectivity index (χ0) is 23.6. The highest BCUT2D eigenvalue weighted by Crippen LogP contribution is 2.63. The van der Waals surface area contributed by atoms with Gasteiger partial charge in [-0.25, -0.2) is 13.2 Å². The molecule has 0 aliphatic carbocycles. The quantitative estimate of drug-likeness (QED) is 0.319. The summed E-state index contributed by atoms with van der Waals surface area (Å²) in [4.78, 5) is 0. The molecule has 1 nitrogen and oxygen atoms in total. The maximum Gasteiger partial charge on any atom is 0.385 e. The fraction of sp³-hybridized carbons (Fsp3) is 1.00. The molecule has 1 rings (SSSR count). The lowest BCUT2D eigenvalue weighted by molar-refractivity contribution is -0.449. The molecule has 0 saturated carbocycles. The van der Waals surface area contributed by atoms with Crippen LogP contribution in [0.1, 0.15) is 0 Å². The van der Waals surface area contributed by atoms with Crippen molar-refractivity contribution in [2.24, 2.45) is 0 Å². The van der Waals surface area contributed by atoms with Crippen LogP contribution in [0.2, 0.25) is 0 Å². The van der Waals surface area contributed by atoms with Gasteiger partial charge >= 0.3 is 47.9 Å².